The van der Waals surface area contributed by atoms with Gasteiger partial charge in [0.15, 0.2) is 0 Å². The van der Waals surface area contributed by atoms with E-state index >= 15 is 0 Å². The number of esters is 1. The van der Waals surface area contributed by atoms with Crippen LogP contribution in [0.1, 0.15) is 24.9 Å². The third-order valence-corrected chi connectivity index (χ3v) is 5.22. The molecule has 1 atom stereocenters. The summed E-state index contributed by atoms with van der Waals surface area (Å²) in [6, 6.07) is 14.1. The number of carbonyl (C=O) groups is 2. The summed E-state index contributed by atoms with van der Waals surface area (Å²) in [4.78, 5) is 25.2. The first-order valence-electron chi connectivity index (χ1n) is 8.49. The summed E-state index contributed by atoms with van der Waals surface area (Å²) >= 11 is 7.46. The fourth-order valence-corrected chi connectivity index (χ4v) is 3.49. The highest BCUT2D eigenvalue weighted by Gasteiger charge is 2.20. The van der Waals surface area contributed by atoms with E-state index < -0.39 is 6.04 Å². The quantitative estimate of drug-likeness (QED) is 0.497. The first kappa shape index (κ1) is 21.1. The van der Waals surface area contributed by atoms with Gasteiger partial charge in [0.05, 0.1) is 37.0 Å². The molecule has 144 valence electrons. The molecule has 0 aliphatic heterocycles. The van der Waals surface area contributed by atoms with Gasteiger partial charge in [0.25, 0.3) is 0 Å². The number of hydrogen-bond donors (Lipinski definition) is 1. The third-order valence-electron chi connectivity index (χ3n) is 3.70. The van der Waals surface area contributed by atoms with E-state index in [0.717, 1.165) is 10.5 Å². The third kappa shape index (κ3) is 6.81. The summed E-state index contributed by atoms with van der Waals surface area (Å²) < 4.78 is 10.3. The maximum Gasteiger partial charge on any atom is 0.308 e. The van der Waals surface area contributed by atoms with E-state index in [-0.39, 0.29) is 24.1 Å². The summed E-state index contributed by atoms with van der Waals surface area (Å²) in [5.74, 6) is 0.273. The molecule has 0 spiro atoms. The van der Waals surface area contributed by atoms with Crippen LogP contribution in [0.15, 0.2) is 53.4 Å². The molecule has 2 rings (SSSR count). The van der Waals surface area contributed by atoms with Crippen LogP contribution < -0.4 is 10.1 Å². The minimum atomic E-state index is -0.501. The molecule has 0 aliphatic carbocycles. The molecule has 0 aliphatic rings. The SMILES string of the molecule is CCOC(=O)C[C@H](NC(=O)CSc1ccccc1Cl)c1cccc(OC)c1. The number of thioether (sulfide) groups is 1. The number of nitrogens with one attached hydrogen (secondary N) is 1. The van der Waals surface area contributed by atoms with Crippen molar-refractivity contribution in [3.63, 3.8) is 0 Å². The largest absolute Gasteiger partial charge is 0.497 e. The lowest BCUT2D eigenvalue weighted by molar-refractivity contribution is -0.143. The summed E-state index contributed by atoms with van der Waals surface area (Å²) in [7, 11) is 1.57. The van der Waals surface area contributed by atoms with Crippen molar-refractivity contribution in [1.29, 1.82) is 0 Å². The van der Waals surface area contributed by atoms with Gasteiger partial charge in [0.1, 0.15) is 5.75 Å². The molecule has 27 heavy (non-hydrogen) atoms. The van der Waals surface area contributed by atoms with Crippen molar-refractivity contribution in [3.8, 4) is 5.75 Å². The van der Waals surface area contributed by atoms with Crippen LogP contribution in [-0.2, 0) is 14.3 Å². The van der Waals surface area contributed by atoms with E-state index in [4.69, 9.17) is 21.1 Å². The number of hydrogen-bond acceptors (Lipinski definition) is 5. The lowest BCUT2D eigenvalue weighted by Gasteiger charge is -2.19. The Labute approximate surface area is 168 Å². The number of ether oxygens (including phenoxy) is 2. The summed E-state index contributed by atoms with van der Waals surface area (Å²) in [6.07, 6.45) is 0.0451. The predicted molar refractivity (Wildman–Crippen MR) is 107 cm³/mol. The van der Waals surface area contributed by atoms with Crippen molar-refractivity contribution in [3.05, 3.63) is 59.1 Å². The van der Waals surface area contributed by atoms with Gasteiger partial charge in [-0.1, -0.05) is 35.9 Å². The first-order chi connectivity index (χ1) is 13.0. The second kappa shape index (κ2) is 10.8. The molecule has 0 fully saturated rings. The first-order valence-corrected chi connectivity index (χ1v) is 9.86. The summed E-state index contributed by atoms with van der Waals surface area (Å²) in [5.41, 5.74) is 0.776. The Balaban J connectivity index is 2.07. The fraction of sp³-hybridized carbons (Fsp3) is 0.300. The van der Waals surface area contributed by atoms with Crippen LogP contribution >= 0.6 is 23.4 Å². The van der Waals surface area contributed by atoms with Gasteiger partial charge in [0, 0.05) is 4.90 Å². The van der Waals surface area contributed by atoms with Crippen molar-refractivity contribution in [2.24, 2.45) is 0 Å². The van der Waals surface area contributed by atoms with Crippen molar-refractivity contribution in [2.45, 2.75) is 24.3 Å². The van der Waals surface area contributed by atoms with E-state index in [1.54, 1.807) is 32.2 Å². The van der Waals surface area contributed by atoms with Gasteiger partial charge in [-0.3, -0.25) is 9.59 Å². The minimum absolute atomic E-state index is 0.0451. The van der Waals surface area contributed by atoms with E-state index in [1.807, 2.05) is 30.3 Å². The van der Waals surface area contributed by atoms with Gasteiger partial charge < -0.3 is 14.8 Å². The lowest BCUT2D eigenvalue weighted by Crippen LogP contribution is -2.32. The fourth-order valence-electron chi connectivity index (χ4n) is 2.44. The molecule has 1 amide bonds. The van der Waals surface area contributed by atoms with Gasteiger partial charge in [0.2, 0.25) is 5.91 Å². The van der Waals surface area contributed by atoms with Crippen LogP contribution in [0.2, 0.25) is 5.02 Å². The topological polar surface area (TPSA) is 64.6 Å². The molecule has 0 saturated heterocycles. The van der Waals surface area contributed by atoms with Crippen molar-refractivity contribution >= 4 is 35.2 Å². The molecular weight excluding hydrogens is 386 g/mol. The maximum absolute atomic E-state index is 12.4. The standard InChI is InChI=1S/C20H22ClNO4S/c1-3-26-20(24)12-17(14-7-6-8-15(11-14)25-2)22-19(23)13-27-18-10-5-4-9-16(18)21/h4-11,17H,3,12-13H2,1-2H3,(H,22,23)/t17-/m0/s1. The molecule has 0 unspecified atom stereocenters. The molecule has 1 N–H and O–H groups in total. The molecule has 7 heteroatoms. The van der Waals surface area contributed by atoms with Gasteiger partial charge in [-0.2, -0.15) is 0 Å². The van der Waals surface area contributed by atoms with Gasteiger partial charge >= 0.3 is 5.97 Å². The Kier molecular flexibility index (Phi) is 8.48. The van der Waals surface area contributed by atoms with Gasteiger partial charge in [-0.15, -0.1) is 11.8 Å². The lowest BCUT2D eigenvalue weighted by atomic mass is 10.0. The molecule has 0 aromatic heterocycles. The van der Waals surface area contributed by atoms with Crippen LogP contribution in [0.4, 0.5) is 0 Å². The molecule has 2 aromatic carbocycles. The second-order valence-electron chi connectivity index (χ2n) is 5.62. The van der Waals surface area contributed by atoms with E-state index in [2.05, 4.69) is 5.32 Å². The Morgan fingerprint density at radius 1 is 1.19 bits per heavy atom. The predicted octanol–water partition coefficient (Wildman–Crippen LogP) is 4.25. The average Bonchev–Trinajstić information content (AvgIpc) is 2.67. The number of halogens is 1. The molecule has 2 aromatic rings. The van der Waals surface area contributed by atoms with Gasteiger partial charge in [-0.25, -0.2) is 0 Å². The van der Waals surface area contributed by atoms with E-state index in [9.17, 15) is 9.59 Å². The molecular formula is C20H22ClNO4S. The van der Waals surface area contributed by atoms with Crippen LogP contribution in [0, 0.1) is 0 Å². The Hall–Kier alpha value is -2.18. The zero-order chi connectivity index (χ0) is 19.6. The maximum atomic E-state index is 12.4. The van der Waals surface area contributed by atoms with E-state index in [1.165, 1.54) is 11.8 Å². The number of rotatable bonds is 9. The zero-order valence-electron chi connectivity index (χ0n) is 15.2. The summed E-state index contributed by atoms with van der Waals surface area (Å²) in [6.45, 7) is 2.04. The second-order valence-corrected chi connectivity index (χ2v) is 7.05. The van der Waals surface area contributed by atoms with Crippen LogP contribution in [0.25, 0.3) is 0 Å². The highest BCUT2D eigenvalue weighted by atomic mass is 35.5. The average molecular weight is 408 g/mol. The number of amides is 1. The van der Waals surface area contributed by atoms with Crippen LogP contribution in [0.5, 0.6) is 5.75 Å². The number of carbonyl (C=O) groups excluding carboxylic acids is 2. The van der Waals surface area contributed by atoms with E-state index in [0.29, 0.717) is 17.4 Å². The normalized spacial score (nSPS) is 11.5. The Morgan fingerprint density at radius 2 is 1.96 bits per heavy atom. The molecule has 0 radical (unpaired) electrons. The summed E-state index contributed by atoms with van der Waals surface area (Å²) in [5, 5.41) is 3.51. The molecule has 5 nitrogen and oxygen atoms in total. The smallest absolute Gasteiger partial charge is 0.308 e. The highest BCUT2D eigenvalue weighted by molar-refractivity contribution is 8.00. The molecule has 0 bridgehead atoms. The zero-order valence-corrected chi connectivity index (χ0v) is 16.8. The molecule has 0 heterocycles. The Bertz CT molecular complexity index is 784. The number of benzene rings is 2. The minimum Gasteiger partial charge on any atom is -0.497 e. The highest BCUT2D eigenvalue weighted by Crippen LogP contribution is 2.27. The van der Waals surface area contributed by atoms with Crippen LogP contribution in [-0.4, -0.2) is 31.3 Å². The van der Waals surface area contributed by atoms with Crippen molar-refractivity contribution in [2.75, 3.05) is 19.5 Å². The van der Waals surface area contributed by atoms with Gasteiger partial charge in [-0.05, 0) is 36.8 Å². The Morgan fingerprint density at radius 3 is 2.67 bits per heavy atom. The molecule has 0 saturated carbocycles. The van der Waals surface area contributed by atoms with Crippen LogP contribution in [0.3, 0.4) is 0 Å². The van der Waals surface area contributed by atoms with Crippen molar-refractivity contribution in [1.82, 2.24) is 5.32 Å². The van der Waals surface area contributed by atoms with Crippen molar-refractivity contribution < 1.29 is 19.1 Å². The monoisotopic (exact) mass is 407 g/mol. The number of methoxy groups -OCH3 is 1.